The second kappa shape index (κ2) is 10.1. The van der Waals surface area contributed by atoms with Gasteiger partial charge in [0.15, 0.2) is 6.61 Å². The van der Waals surface area contributed by atoms with Gasteiger partial charge in [0.05, 0.1) is 30.7 Å². The first-order valence-electron chi connectivity index (χ1n) is 10.1. The van der Waals surface area contributed by atoms with Crippen LogP contribution in [-0.2, 0) is 9.53 Å². The molecule has 1 fully saturated rings. The summed E-state index contributed by atoms with van der Waals surface area (Å²) < 4.78 is 16.8. The number of hydrogen-bond donors (Lipinski definition) is 1. The van der Waals surface area contributed by atoms with Crippen molar-refractivity contribution in [3.63, 3.8) is 0 Å². The lowest BCUT2D eigenvalue weighted by atomic mass is 10.2. The molecule has 29 heavy (non-hydrogen) atoms. The monoisotopic (exact) mass is 399 g/mol. The number of ether oxygens (including phenoxy) is 3. The van der Waals surface area contributed by atoms with E-state index in [-0.39, 0.29) is 24.7 Å². The maximum absolute atomic E-state index is 12.2. The maximum Gasteiger partial charge on any atom is 0.262 e. The fraction of sp³-hybridized carbons (Fsp3) is 0.455. The van der Waals surface area contributed by atoms with Crippen molar-refractivity contribution in [2.45, 2.75) is 39.4 Å². The number of aromatic nitrogens is 1. The third kappa shape index (κ3) is 6.35. The zero-order chi connectivity index (χ0) is 20.6. The first kappa shape index (κ1) is 20.9. The number of rotatable bonds is 8. The molecule has 2 atom stereocenters. The molecule has 1 amide bonds. The number of carbonyl (C=O) groups excluding carboxylic acids is 1. The van der Waals surface area contributed by atoms with Crippen LogP contribution in [-0.4, -0.2) is 49.4 Å². The van der Waals surface area contributed by atoms with Gasteiger partial charge in [0, 0.05) is 13.1 Å². The molecule has 7 heteroatoms. The molecule has 1 aliphatic heterocycles. The van der Waals surface area contributed by atoms with E-state index in [0.29, 0.717) is 18.0 Å². The Morgan fingerprint density at radius 1 is 1.10 bits per heavy atom. The van der Waals surface area contributed by atoms with E-state index in [4.69, 9.17) is 14.2 Å². The van der Waals surface area contributed by atoms with E-state index >= 15 is 0 Å². The van der Waals surface area contributed by atoms with Crippen molar-refractivity contribution in [1.82, 2.24) is 4.98 Å². The van der Waals surface area contributed by atoms with E-state index in [2.05, 4.69) is 36.0 Å². The van der Waals surface area contributed by atoms with Gasteiger partial charge in [-0.05, 0) is 56.7 Å². The molecule has 156 valence electrons. The Labute approximate surface area is 172 Å². The average Bonchev–Trinajstić information content (AvgIpc) is 2.71. The standard InChI is InChI=1S/C22H29N3O4/c1-4-11-27-19-6-8-20(9-7-19)28-15-22(26)24-18-5-10-21(23-12-18)25-13-16(2)29-17(3)14-25/h5-10,12,16-17H,4,11,13-15H2,1-3H3,(H,24,26). The number of nitrogens with zero attached hydrogens (tertiary/aromatic N) is 2. The first-order chi connectivity index (χ1) is 14.0. The minimum Gasteiger partial charge on any atom is -0.494 e. The fourth-order valence-electron chi connectivity index (χ4n) is 3.21. The molecule has 1 aliphatic rings. The van der Waals surface area contributed by atoms with Crippen LogP contribution in [0.15, 0.2) is 42.6 Å². The van der Waals surface area contributed by atoms with Crippen molar-refractivity contribution >= 4 is 17.4 Å². The van der Waals surface area contributed by atoms with Gasteiger partial charge in [-0.1, -0.05) is 6.92 Å². The molecule has 0 aliphatic carbocycles. The fourth-order valence-corrected chi connectivity index (χ4v) is 3.21. The van der Waals surface area contributed by atoms with Crippen LogP contribution in [0.2, 0.25) is 0 Å². The zero-order valence-electron chi connectivity index (χ0n) is 17.3. The Morgan fingerprint density at radius 2 is 1.76 bits per heavy atom. The van der Waals surface area contributed by atoms with E-state index in [0.717, 1.165) is 31.1 Å². The van der Waals surface area contributed by atoms with E-state index in [9.17, 15) is 4.79 Å². The van der Waals surface area contributed by atoms with Crippen LogP contribution < -0.4 is 19.7 Å². The molecule has 1 saturated heterocycles. The minimum atomic E-state index is -0.237. The lowest BCUT2D eigenvalue weighted by molar-refractivity contribution is -0.118. The third-order valence-electron chi connectivity index (χ3n) is 4.44. The molecule has 0 radical (unpaired) electrons. The Bertz CT molecular complexity index is 770. The molecule has 1 aromatic carbocycles. The largest absolute Gasteiger partial charge is 0.494 e. The maximum atomic E-state index is 12.2. The quantitative estimate of drug-likeness (QED) is 0.732. The zero-order valence-corrected chi connectivity index (χ0v) is 17.3. The molecule has 2 heterocycles. The summed E-state index contributed by atoms with van der Waals surface area (Å²) in [5, 5.41) is 2.80. The summed E-state index contributed by atoms with van der Waals surface area (Å²) in [4.78, 5) is 18.8. The van der Waals surface area contributed by atoms with Crippen molar-refractivity contribution < 1.29 is 19.0 Å². The molecular formula is C22H29N3O4. The van der Waals surface area contributed by atoms with Gasteiger partial charge in [-0.2, -0.15) is 0 Å². The lowest BCUT2D eigenvalue weighted by Crippen LogP contribution is -2.45. The Morgan fingerprint density at radius 3 is 2.34 bits per heavy atom. The predicted molar refractivity (Wildman–Crippen MR) is 113 cm³/mol. The SMILES string of the molecule is CCCOc1ccc(OCC(=O)Nc2ccc(N3CC(C)OC(C)C3)nc2)cc1. The molecule has 2 unspecified atom stereocenters. The third-order valence-corrected chi connectivity index (χ3v) is 4.44. The highest BCUT2D eigenvalue weighted by Crippen LogP contribution is 2.20. The normalized spacial score (nSPS) is 18.9. The molecule has 3 rings (SSSR count). The van der Waals surface area contributed by atoms with Gasteiger partial charge in [0.2, 0.25) is 0 Å². The van der Waals surface area contributed by atoms with Crippen LogP contribution in [0.3, 0.4) is 0 Å². The van der Waals surface area contributed by atoms with Gasteiger partial charge >= 0.3 is 0 Å². The number of pyridine rings is 1. The molecule has 1 aromatic heterocycles. The summed E-state index contributed by atoms with van der Waals surface area (Å²) >= 11 is 0. The smallest absolute Gasteiger partial charge is 0.262 e. The molecule has 2 aromatic rings. The van der Waals surface area contributed by atoms with Gasteiger partial charge in [-0.15, -0.1) is 0 Å². The number of amides is 1. The topological polar surface area (TPSA) is 72.9 Å². The van der Waals surface area contributed by atoms with Gasteiger partial charge in [0.25, 0.3) is 5.91 Å². The highest BCUT2D eigenvalue weighted by molar-refractivity contribution is 5.91. The summed E-state index contributed by atoms with van der Waals surface area (Å²) in [7, 11) is 0. The van der Waals surface area contributed by atoms with Crippen molar-refractivity contribution in [3.8, 4) is 11.5 Å². The van der Waals surface area contributed by atoms with E-state index in [1.165, 1.54) is 0 Å². The molecular weight excluding hydrogens is 370 g/mol. The molecule has 7 nitrogen and oxygen atoms in total. The summed E-state index contributed by atoms with van der Waals surface area (Å²) in [5.41, 5.74) is 0.639. The van der Waals surface area contributed by atoms with Crippen LogP contribution in [0.1, 0.15) is 27.2 Å². The van der Waals surface area contributed by atoms with Gasteiger partial charge in [-0.3, -0.25) is 4.79 Å². The van der Waals surface area contributed by atoms with Crippen LogP contribution >= 0.6 is 0 Å². The Kier molecular flexibility index (Phi) is 7.30. The number of anilines is 2. The number of morpholine rings is 1. The van der Waals surface area contributed by atoms with E-state index in [1.807, 2.05) is 24.3 Å². The average molecular weight is 399 g/mol. The Balaban J connectivity index is 1.47. The summed E-state index contributed by atoms with van der Waals surface area (Å²) in [6, 6.07) is 11.0. The number of carbonyl (C=O) groups is 1. The number of benzene rings is 1. The van der Waals surface area contributed by atoms with Gasteiger partial charge in [0.1, 0.15) is 17.3 Å². The molecule has 1 N–H and O–H groups in total. The minimum absolute atomic E-state index is 0.0740. The second-order valence-corrected chi connectivity index (χ2v) is 7.22. The van der Waals surface area contributed by atoms with Crippen molar-refractivity contribution in [1.29, 1.82) is 0 Å². The van der Waals surface area contributed by atoms with Crippen LogP contribution in [0.5, 0.6) is 11.5 Å². The summed E-state index contributed by atoms with van der Waals surface area (Å²) in [5.74, 6) is 2.05. The molecule has 0 spiro atoms. The Hall–Kier alpha value is -2.80. The highest BCUT2D eigenvalue weighted by Gasteiger charge is 2.23. The second-order valence-electron chi connectivity index (χ2n) is 7.22. The predicted octanol–water partition coefficient (Wildman–Crippen LogP) is 3.50. The van der Waals surface area contributed by atoms with Crippen molar-refractivity contribution in [2.75, 3.05) is 36.5 Å². The molecule has 0 bridgehead atoms. The van der Waals surface area contributed by atoms with Crippen molar-refractivity contribution in [3.05, 3.63) is 42.6 Å². The number of hydrogen-bond acceptors (Lipinski definition) is 6. The van der Waals surface area contributed by atoms with Crippen molar-refractivity contribution in [2.24, 2.45) is 0 Å². The summed E-state index contributed by atoms with van der Waals surface area (Å²) in [6.07, 6.45) is 2.96. The number of nitrogens with one attached hydrogen (secondary N) is 1. The van der Waals surface area contributed by atoms with Crippen LogP contribution in [0.4, 0.5) is 11.5 Å². The molecule has 0 saturated carbocycles. The lowest BCUT2D eigenvalue weighted by Gasteiger charge is -2.36. The van der Waals surface area contributed by atoms with Gasteiger partial charge < -0.3 is 24.4 Å². The summed E-state index contributed by atoms with van der Waals surface area (Å²) in [6.45, 7) is 8.39. The first-order valence-corrected chi connectivity index (χ1v) is 10.1. The van der Waals surface area contributed by atoms with Gasteiger partial charge in [-0.25, -0.2) is 4.98 Å². The van der Waals surface area contributed by atoms with Crippen LogP contribution in [0, 0.1) is 0 Å². The highest BCUT2D eigenvalue weighted by atomic mass is 16.5. The van der Waals surface area contributed by atoms with E-state index < -0.39 is 0 Å². The van der Waals surface area contributed by atoms with Crippen LogP contribution in [0.25, 0.3) is 0 Å². The van der Waals surface area contributed by atoms with E-state index in [1.54, 1.807) is 18.3 Å².